The monoisotopic (exact) mass is 435 g/mol. The number of carbonyl (C=O) groups is 1. The van der Waals surface area contributed by atoms with Crippen LogP contribution in [0.2, 0.25) is 15.1 Å². The average Bonchev–Trinajstić information content (AvgIpc) is 2.65. The lowest BCUT2D eigenvalue weighted by Crippen LogP contribution is -2.20. The minimum Gasteiger partial charge on any atom is -0.507 e. The fourth-order valence-electron chi connectivity index (χ4n) is 2.74. The van der Waals surface area contributed by atoms with E-state index in [4.69, 9.17) is 45.3 Å². The molecule has 3 aromatic rings. The number of primary amides is 1. The molecule has 0 bridgehead atoms. The molecular formula is C21H16Cl3NO3. The Balaban J connectivity index is 1.88. The second-order valence-corrected chi connectivity index (χ2v) is 7.41. The molecule has 0 fully saturated rings. The van der Waals surface area contributed by atoms with Crippen molar-refractivity contribution in [2.45, 2.75) is 6.42 Å². The van der Waals surface area contributed by atoms with E-state index in [2.05, 4.69) is 0 Å². The standard InChI is InChI=1S/C21H16Cl3NO3/c22-14-4-2-13(3-5-14)16-7-12(1-6-20(16)26)8-17-18(23)9-15(10-19(17)24)28-11-21(25)27/h1-7,9-10,26H,8,11H2,(H2,25,27). The van der Waals surface area contributed by atoms with Crippen LogP contribution in [0.15, 0.2) is 54.6 Å². The molecule has 3 aromatic carbocycles. The van der Waals surface area contributed by atoms with Crippen molar-refractivity contribution in [3.05, 3.63) is 80.8 Å². The van der Waals surface area contributed by atoms with Gasteiger partial charge in [-0.1, -0.05) is 53.0 Å². The van der Waals surface area contributed by atoms with Crippen molar-refractivity contribution in [1.82, 2.24) is 0 Å². The third kappa shape index (κ3) is 4.90. The number of aromatic hydroxyl groups is 1. The largest absolute Gasteiger partial charge is 0.507 e. The number of amides is 1. The molecule has 28 heavy (non-hydrogen) atoms. The van der Waals surface area contributed by atoms with E-state index < -0.39 is 5.91 Å². The van der Waals surface area contributed by atoms with E-state index in [1.54, 1.807) is 36.4 Å². The minimum atomic E-state index is -0.588. The van der Waals surface area contributed by atoms with Gasteiger partial charge in [-0.15, -0.1) is 0 Å². The molecule has 0 aromatic heterocycles. The van der Waals surface area contributed by atoms with Crippen LogP contribution in [0, 0.1) is 0 Å². The highest BCUT2D eigenvalue weighted by Gasteiger charge is 2.13. The first-order valence-corrected chi connectivity index (χ1v) is 9.43. The summed E-state index contributed by atoms with van der Waals surface area (Å²) in [6.07, 6.45) is 0.453. The number of nitrogens with two attached hydrogens (primary N) is 1. The van der Waals surface area contributed by atoms with E-state index in [1.165, 1.54) is 0 Å². The number of phenols is 1. The van der Waals surface area contributed by atoms with Gasteiger partial charge in [-0.2, -0.15) is 0 Å². The highest BCUT2D eigenvalue weighted by molar-refractivity contribution is 6.36. The Morgan fingerprint density at radius 1 is 0.964 bits per heavy atom. The minimum absolute atomic E-state index is 0.165. The lowest BCUT2D eigenvalue weighted by Gasteiger charge is -2.12. The van der Waals surface area contributed by atoms with Crippen LogP contribution in [0.4, 0.5) is 0 Å². The lowest BCUT2D eigenvalue weighted by atomic mass is 9.98. The summed E-state index contributed by atoms with van der Waals surface area (Å²) in [6.45, 7) is -0.256. The van der Waals surface area contributed by atoms with E-state index in [9.17, 15) is 9.90 Å². The van der Waals surface area contributed by atoms with Gasteiger partial charge in [0.2, 0.25) is 0 Å². The molecule has 3 N–H and O–H groups in total. The lowest BCUT2D eigenvalue weighted by molar-refractivity contribution is -0.119. The molecule has 0 radical (unpaired) electrons. The maximum Gasteiger partial charge on any atom is 0.255 e. The second-order valence-electron chi connectivity index (χ2n) is 6.16. The maximum absolute atomic E-state index is 10.8. The van der Waals surface area contributed by atoms with Crippen molar-refractivity contribution >= 4 is 40.7 Å². The number of carbonyl (C=O) groups excluding carboxylic acids is 1. The zero-order valence-corrected chi connectivity index (χ0v) is 16.9. The first kappa shape index (κ1) is 20.3. The zero-order chi connectivity index (χ0) is 20.3. The number of hydrogen-bond donors (Lipinski definition) is 2. The Bertz CT molecular complexity index is 997. The van der Waals surface area contributed by atoms with E-state index in [-0.39, 0.29) is 12.4 Å². The first-order chi connectivity index (χ1) is 13.3. The molecule has 0 aliphatic rings. The Labute approximate surface area is 177 Å². The Morgan fingerprint density at radius 3 is 2.21 bits per heavy atom. The Morgan fingerprint density at radius 2 is 1.61 bits per heavy atom. The van der Waals surface area contributed by atoms with Gasteiger partial charge in [0.05, 0.1) is 0 Å². The molecule has 0 unspecified atom stereocenters. The summed E-state index contributed by atoms with van der Waals surface area (Å²) in [5, 5.41) is 11.7. The van der Waals surface area contributed by atoms with Gasteiger partial charge >= 0.3 is 0 Å². The molecule has 0 atom stereocenters. The number of halogens is 3. The highest BCUT2D eigenvalue weighted by atomic mass is 35.5. The SMILES string of the molecule is NC(=O)COc1cc(Cl)c(Cc2ccc(O)c(-c3ccc(Cl)cc3)c2)c(Cl)c1. The van der Waals surface area contributed by atoms with Crippen LogP contribution in [0.3, 0.4) is 0 Å². The molecule has 0 heterocycles. The molecule has 0 spiro atoms. The predicted octanol–water partition coefficient (Wildman–Crippen LogP) is 5.47. The van der Waals surface area contributed by atoms with Crippen LogP contribution < -0.4 is 10.5 Å². The van der Waals surface area contributed by atoms with E-state index in [0.717, 1.165) is 11.1 Å². The van der Waals surface area contributed by atoms with Gasteiger partial charge in [0.1, 0.15) is 11.5 Å². The van der Waals surface area contributed by atoms with Gasteiger partial charge < -0.3 is 15.6 Å². The normalized spacial score (nSPS) is 10.7. The van der Waals surface area contributed by atoms with Crippen molar-refractivity contribution < 1.29 is 14.6 Å². The predicted molar refractivity (Wildman–Crippen MR) is 113 cm³/mol. The third-order valence-corrected chi connectivity index (χ3v) is 5.02. The van der Waals surface area contributed by atoms with E-state index >= 15 is 0 Å². The summed E-state index contributed by atoms with van der Waals surface area (Å²) in [5.41, 5.74) is 8.23. The molecule has 4 nitrogen and oxygen atoms in total. The summed E-state index contributed by atoms with van der Waals surface area (Å²) < 4.78 is 5.25. The topological polar surface area (TPSA) is 72.6 Å². The first-order valence-electron chi connectivity index (χ1n) is 8.30. The fourth-order valence-corrected chi connectivity index (χ4v) is 3.47. The van der Waals surface area contributed by atoms with Crippen molar-refractivity contribution in [3.8, 4) is 22.6 Å². The third-order valence-electron chi connectivity index (χ3n) is 4.09. The Kier molecular flexibility index (Phi) is 6.35. The number of rotatable bonds is 6. The molecule has 7 heteroatoms. The fraction of sp³-hybridized carbons (Fsp3) is 0.0952. The Hall–Kier alpha value is -2.40. The molecule has 0 aliphatic carbocycles. The second kappa shape index (κ2) is 8.74. The van der Waals surface area contributed by atoms with Crippen molar-refractivity contribution in [1.29, 1.82) is 0 Å². The van der Waals surface area contributed by atoms with Crippen LogP contribution >= 0.6 is 34.8 Å². The van der Waals surface area contributed by atoms with Crippen LogP contribution in [-0.2, 0) is 11.2 Å². The van der Waals surface area contributed by atoms with E-state index in [1.807, 2.05) is 18.2 Å². The molecule has 0 aliphatic heterocycles. The molecule has 144 valence electrons. The summed E-state index contributed by atoms with van der Waals surface area (Å²) in [5.74, 6) is -0.0567. The van der Waals surface area contributed by atoms with Crippen molar-refractivity contribution in [2.24, 2.45) is 5.73 Å². The van der Waals surface area contributed by atoms with Gasteiger partial charge in [0, 0.05) is 27.1 Å². The number of phenolic OH excluding ortho intramolecular Hbond substituents is 1. The zero-order valence-electron chi connectivity index (χ0n) is 14.6. The summed E-state index contributed by atoms with van der Waals surface area (Å²) in [4.78, 5) is 10.8. The van der Waals surface area contributed by atoms with Crippen LogP contribution in [-0.4, -0.2) is 17.6 Å². The van der Waals surface area contributed by atoms with Gasteiger partial charge in [0.15, 0.2) is 6.61 Å². The molecule has 1 amide bonds. The molecular weight excluding hydrogens is 421 g/mol. The smallest absolute Gasteiger partial charge is 0.255 e. The number of benzene rings is 3. The highest BCUT2D eigenvalue weighted by Crippen LogP contribution is 2.35. The van der Waals surface area contributed by atoms with Crippen molar-refractivity contribution in [3.63, 3.8) is 0 Å². The molecule has 0 saturated carbocycles. The van der Waals surface area contributed by atoms with Crippen LogP contribution in [0.1, 0.15) is 11.1 Å². The molecule has 3 rings (SSSR count). The van der Waals surface area contributed by atoms with Gasteiger partial charge in [0.25, 0.3) is 5.91 Å². The van der Waals surface area contributed by atoms with Gasteiger partial charge in [-0.05, 0) is 53.1 Å². The quantitative estimate of drug-likeness (QED) is 0.538. The van der Waals surface area contributed by atoms with Crippen LogP contribution in [0.5, 0.6) is 11.5 Å². The summed E-state index contributed by atoms with van der Waals surface area (Å²) >= 11 is 18.7. The molecule has 0 saturated heterocycles. The number of hydrogen-bond acceptors (Lipinski definition) is 3. The van der Waals surface area contributed by atoms with E-state index in [0.29, 0.717) is 38.4 Å². The maximum atomic E-state index is 10.8. The average molecular weight is 437 g/mol. The summed E-state index contributed by atoms with van der Waals surface area (Å²) in [6, 6.07) is 15.7. The van der Waals surface area contributed by atoms with Gasteiger partial charge in [-0.3, -0.25) is 4.79 Å². The number of ether oxygens (including phenoxy) is 1. The van der Waals surface area contributed by atoms with Gasteiger partial charge in [-0.25, -0.2) is 0 Å². The summed E-state index contributed by atoms with van der Waals surface area (Å²) in [7, 11) is 0. The van der Waals surface area contributed by atoms with Crippen LogP contribution in [0.25, 0.3) is 11.1 Å². The van der Waals surface area contributed by atoms with Crippen molar-refractivity contribution in [2.75, 3.05) is 6.61 Å².